The van der Waals surface area contributed by atoms with Gasteiger partial charge in [0, 0.05) is 18.8 Å². The van der Waals surface area contributed by atoms with Gasteiger partial charge in [-0.2, -0.15) is 0 Å². The summed E-state index contributed by atoms with van der Waals surface area (Å²) in [7, 11) is 1.42. The fraction of sp³-hybridized carbons (Fsp3) is 0.462. The van der Waals surface area contributed by atoms with Gasteiger partial charge in [-0.05, 0) is 30.5 Å². The largest absolute Gasteiger partial charge is 0.467 e. The molecule has 1 unspecified atom stereocenters. The van der Waals surface area contributed by atoms with Crippen LogP contribution in [0, 0.1) is 0 Å². The number of anilines is 1. The van der Waals surface area contributed by atoms with Gasteiger partial charge in [-0.3, -0.25) is 0 Å². The first-order valence-corrected chi connectivity index (χ1v) is 5.80. The molecule has 0 amide bonds. The van der Waals surface area contributed by atoms with Crippen LogP contribution >= 0.6 is 0 Å². The summed E-state index contributed by atoms with van der Waals surface area (Å²) in [6.07, 6.45) is 1.52. The van der Waals surface area contributed by atoms with Crippen LogP contribution in [0.3, 0.4) is 0 Å². The third-order valence-corrected chi connectivity index (χ3v) is 3.16. The molecular formula is C13H17NO3. The van der Waals surface area contributed by atoms with Crippen LogP contribution < -0.4 is 4.90 Å². The smallest absolute Gasteiger partial charge is 0.328 e. The zero-order valence-corrected chi connectivity index (χ0v) is 9.93. The molecule has 1 N–H and O–H groups in total. The van der Waals surface area contributed by atoms with Gasteiger partial charge in [0.15, 0.2) is 0 Å². The van der Waals surface area contributed by atoms with E-state index in [1.54, 1.807) is 0 Å². The second kappa shape index (κ2) is 5.19. The predicted octanol–water partition coefficient (Wildman–Crippen LogP) is 0.973. The highest BCUT2D eigenvalue weighted by Gasteiger charge is 2.34. The molecule has 0 spiro atoms. The van der Waals surface area contributed by atoms with Crippen molar-refractivity contribution in [3.8, 4) is 0 Å². The van der Waals surface area contributed by atoms with E-state index in [1.165, 1.54) is 7.11 Å². The van der Waals surface area contributed by atoms with Crippen molar-refractivity contribution >= 4 is 11.7 Å². The molecule has 0 saturated carbocycles. The number of rotatable bonds is 4. The average Bonchev–Trinajstić information content (AvgIpc) is 2.30. The summed E-state index contributed by atoms with van der Waals surface area (Å²) in [5.74, 6) is -0.171. The summed E-state index contributed by atoms with van der Waals surface area (Å²) in [6.45, 7) is 1.05. The van der Waals surface area contributed by atoms with E-state index in [2.05, 4.69) is 0 Å². The number of benzene rings is 1. The molecular weight excluding hydrogens is 218 g/mol. The Bertz CT molecular complexity index is 388. The van der Waals surface area contributed by atoms with Crippen LogP contribution in [0.1, 0.15) is 12.0 Å². The number of aliphatic hydroxyl groups is 1. The molecule has 0 bridgehead atoms. The first-order chi connectivity index (χ1) is 8.26. The van der Waals surface area contributed by atoms with Crippen molar-refractivity contribution in [1.82, 2.24) is 0 Å². The molecule has 1 aliphatic heterocycles. The van der Waals surface area contributed by atoms with E-state index in [0.717, 1.165) is 24.2 Å². The van der Waals surface area contributed by atoms with E-state index >= 15 is 0 Å². The van der Waals surface area contributed by atoms with E-state index in [9.17, 15) is 4.79 Å². The monoisotopic (exact) mass is 235 g/mol. The summed E-state index contributed by atoms with van der Waals surface area (Å²) in [4.78, 5) is 13.5. The van der Waals surface area contributed by atoms with Crippen LogP contribution in [0.15, 0.2) is 24.3 Å². The van der Waals surface area contributed by atoms with Gasteiger partial charge in [-0.15, -0.1) is 0 Å². The second-order valence-electron chi connectivity index (χ2n) is 4.16. The standard InChI is InChI=1S/C13H17NO3/c1-17-13(16)12-6-8-14(12)11-4-2-10(3-5-11)7-9-15/h2-5,12,15H,6-9H2,1H3. The van der Waals surface area contributed by atoms with E-state index in [4.69, 9.17) is 9.84 Å². The van der Waals surface area contributed by atoms with Gasteiger partial charge in [-0.25, -0.2) is 4.79 Å². The zero-order valence-electron chi connectivity index (χ0n) is 9.93. The number of methoxy groups -OCH3 is 1. The molecule has 0 aromatic heterocycles. The molecule has 2 rings (SSSR count). The van der Waals surface area contributed by atoms with Gasteiger partial charge in [-0.1, -0.05) is 12.1 Å². The molecule has 0 aliphatic carbocycles. The van der Waals surface area contributed by atoms with Crippen LogP contribution in [0.2, 0.25) is 0 Å². The highest BCUT2D eigenvalue weighted by Crippen LogP contribution is 2.27. The lowest BCUT2D eigenvalue weighted by Gasteiger charge is -2.40. The van der Waals surface area contributed by atoms with Gasteiger partial charge < -0.3 is 14.7 Å². The zero-order chi connectivity index (χ0) is 12.3. The molecule has 1 atom stereocenters. The van der Waals surface area contributed by atoms with Gasteiger partial charge in [0.1, 0.15) is 6.04 Å². The van der Waals surface area contributed by atoms with E-state index in [0.29, 0.717) is 6.42 Å². The lowest BCUT2D eigenvalue weighted by Crippen LogP contribution is -2.53. The fourth-order valence-electron chi connectivity index (χ4n) is 2.06. The summed E-state index contributed by atoms with van der Waals surface area (Å²) >= 11 is 0. The summed E-state index contributed by atoms with van der Waals surface area (Å²) in [5, 5.41) is 8.83. The van der Waals surface area contributed by atoms with Crippen molar-refractivity contribution in [3.63, 3.8) is 0 Å². The van der Waals surface area contributed by atoms with E-state index in [-0.39, 0.29) is 18.6 Å². The number of carbonyl (C=O) groups excluding carboxylic acids is 1. The maximum atomic E-state index is 11.5. The maximum Gasteiger partial charge on any atom is 0.328 e. The van der Waals surface area contributed by atoms with Crippen LogP contribution in [-0.4, -0.2) is 37.4 Å². The van der Waals surface area contributed by atoms with Crippen molar-refractivity contribution in [3.05, 3.63) is 29.8 Å². The first-order valence-electron chi connectivity index (χ1n) is 5.80. The molecule has 1 fully saturated rings. The minimum atomic E-state index is -0.171. The fourth-order valence-corrected chi connectivity index (χ4v) is 2.06. The Hall–Kier alpha value is -1.55. The third-order valence-electron chi connectivity index (χ3n) is 3.16. The molecule has 1 aliphatic rings. The number of ether oxygens (including phenoxy) is 1. The van der Waals surface area contributed by atoms with Crippen LogP contribution in [-0.2, 0) is 16.0 Å². The van der Waals surface area contributed by atoms with Crippen LogP contribution in [0.5, 0.6) is 0 Å². The Morgan fingerprint density at radius 3 is 2.65 bits per heavy atom. The van der Waals surface area contributed by atoms with Crippen LogP contribution in [0.4, 0.5) is 5.69 Å². The lowest BCUT2D eigenvalue weighted by molar-refractivity contribution is -0.143. The number of carbonyl (C=O) groups is 1. The Kier molecular flexibility index (Phi) is 3.64. The normalized spacial score (nSPS) is 18.7. The number of hydrogen-bond acceptors (Lipinski definition) is 4. The second-order valence-corrected chi connectivity index (χ2v) is 4.16. The number of esters is 1. The van der Waals surface area contributed by atoms with E-state index in [1.807, 2.05) is 29.2 Å². The molecule has 1 saturated heterocycles. The molecule has 4 nitrogen and oxygen atoms in total. The number of aliphatic hydroxyl groups excluding tert-OH is 1. The third kappa shape index (κ3) is 2.42. The minimum Gasteiger partial charge on any atom is -0.467 e. The minimum absolute atomic E-state index is 0.135. The molecule has 0 radical (unpaired) electrons. The van der Waals surface area contributed by atoms with Crippen LogP contribution in [0.25, 0.3) is 0 Å². The molecule has 1 heterocycles. The average molecular weight is 235 g/mol. The van der Waals surface area contributed by atoms with Gasteiger partial charge in [0.25, 0.3) is 0 Å². The highest BCUT2D eigenvalue weighted by atomic mass is 16.5. The topological polar surface area (TPSA) is 49.8 Å². The Labute approximate surface area is 101 Å². The molecule has 17 heavy (non-hydrogen) atoms. The van der Waals surface area contributed by atoms with Crippen molar-refractivity contribution in [1.29, 1.82) is 0 Å². The SMILES string of the molecule is COC(=O)C1CCN1c1ccc(CCO)cc1. The van der Waals surface area contributed by atoms with Gasteiger partial charge >= 0.3 is 5.97 Å². The predicted molar refractivity (Wildman–Crippen MR) is 65.0 cm³/mol. The van der Waals surface area contributed by atoms with Crippen molar-refractivity contribution < 1.29 is 14.6 Å². The molecule has 1 aromatic carbocycles. The number of nitrogens with zero attached hydrogens (tertiary/aromatic N) is 1. The number of hydrogen-bond donors (Lipinski definition) is 1. The van der Waals surface area contributed by atoms with Gasteiger partial charge in [0.05, 0.1) is 7.11 Å². The molecule has 1 aromatic rings. The Balaban J connectivity index is 2.05. The maximum absolute atomic E-state index is 11.5. The first kappa shape index (κ1) is 11.9. The highest BCUT2D eigenvalue weighted by molar-refractivity contribution is 5.82. The van der Waals surface area contributed by atoms with Crippen molar-refractivity contribution in [2.24, 2.45) is 0 Å². The Morgan fingerprint density at radius 1 is 1.47 bits per heavy atom. The Morgan fingerprint density at radius 2 is 2.18 bits per heavy atom. The van der Waals surface area contributed by atoms with E-state index < -0.39 is 0 Å². The quantitative estimate of drug-likeness (QED) is 0.790. The molecule has 92 valence electrons. The lowest BCUT2D eigenvalue weighted by atomic mass is 10.0. The van der Waals surface area contributed by atoms with Crippen molar-refractivity contribution in [2.75, 3.05) is 25.2 Å². The summed E-state index contributed by atoms with van der Waals surface area (Å²) < 4.78 is 4.75. The molecule has 4 heteroatoms. The van der Waals surface area contributed by atoms with Crippen molar-refractivity contribution in [2.45, 2.75) is 18.9 Å². The van der Waals surface area contributed by atoms with Gasteiger partial charge in [0.2, 0.25) is 0 Å². The summed E-state index contributed by atoms with van der Waals surface area (Å²) in [6, 6.07) is 7.81. The summed E-state index contributed by atoms with van der Waals surface area (Å²) in [5.41, 5.74) is 2.14.